The quantitative estimate of drug-likeness (QED) is 0.753. The van der Waals surface area contributed by atoms with Crippen LogP contribution in [0.25, 0.3) is 0 Å². The molecular weight excluding hydrogens is 380 g/mol. The van der Waals surface area contributed by atoms with Crippen LogP contribution in [0.5, 0.6) is 0 Å². The number of para-hydroxylation sites is 1. The Bertz CT molecular complexity index is 1050. The maximum Gasteiger partial charge on any atom is 0.255 e. The summed E-state index contributed by atoms with van der Waals surface area (Å²) >= 11 is 0. The van der Waals surface area contributed by atoms with Gasteiger partial charge >= 0.3 is 0 Å². The lowest BCUT2D eigenvalue weighted by molar-refractivity contribution is -0.136. The van der Waals surface area contributed by atoms with Crippen LogP contribution in [-0.4, -0.2) is 41.8 Å². The highest BCUT2D eigenvalue weighted by atomic mass is 16.2. The highest BCUT2D eigenvalue weighted by molar-refractivity contribution is 6.06. The second-order valence-corrected chi connectivity index (χ2v) is 8.22. The van der Waals surface area contributed by atoms with Gasteiger partial charge in [-0.2, -0.15) is 0 Å². The summed E-state index contributed by atoms with van der Waals surface area (Å²) in [5, 5.41) is 2.36. The van der Waals surface area contributed by atoms with Gasteiger partial charge in [0.1, 0.15) is 6.04 Å². The fourth-order valence-corrected chi connectivity index (χ4v) is 4.96. The highest BCUT2D eigenvalue weighted by Gasteiger charge is 2.40. The molecule has 0 aromatic heterocycles. The molecule has 2 atom stereocenters. The number of carbonyl (C=O) groups is 3. The first-order valence-corrected chi connectivity index (χ1v) is 10.4. The van der Waals surface area contributed by atoms with Crippen molar-refractivity contribution < 1.29 is 14.4 Å². The largest absolute Gasteiger partial charge is 0.366 e. The van der Waals surface area contributed by atoms with E-state index in [2.05, 4.69) is 22.3 Å². The zero-order chi connectivity index (χ0) is 20.8. The maximum absolute atomic E-state index is 13.3. The van der Waals surface area contributed by atoms with E-state index in [9.17, 15) is 14.4 Å². The Morgan fingerprint density at radius 3 is 2.70 bits per heavy atom. The topological polar surface area (TPSA) is 95.7 Å². The summed E-state index contributed by atoms with van der Waals surface area (Å²) in [5.74, 6) is -0.497. The Kier molecular flexibility index (Phi) is 4.55. The van der Waals surface area contributed by atoms with Gasteiger partial charge in [-0.1, -0.05) is 36.4 Å². The van der Waals surface area contributed by atoms with Gasteiger partial charge in [-0.3, -0.25) is 19.7 Å². The van der Waals surface area contributed by atoms with Crippen LogP contribution < -0.4 is 16.0 Å². The zero-order valence-electron chi connectivity index (χ0n) is 16.6. The minimum atomic E-state index is -0.593. The first-order valence-electron chi connectivity index (χ1n) is 10.4. The number of amides is 3. The highest BCUT2D eigenvalue weighted by Crippen LogP contribution is 2.38. The number of imide groups is 1. The summed E-state index contributed by atoms with van der Waals surface area (Å²) in [4.78, 5) is 41.0. The number of nitrogens with one attached hydrogen (secondary N) is 1. The van der Waals surface area contributed by atoms with Crippen LogP contribution in [0.3, 0.4) is 0 Å². The van der Waals surface area contributed by atoms with Gasteiger partial charge in [0.15, 0.2) is 0 Å². The van der Waals surface area contributed by atoms with Gasteiger partial charge < -0.3 is 15.5 Å². The molecule has 3 aliphatic rings. The lowest BCUT2D eigenvalue weighted by Crippen LogP contribution is -2.52. The molecule has 0 radical (unpaired) electrons. The molecule has 0 spiro atoms. The predicted molar refractivity (Wildman–Crippen MR) is 112 cm³/mol. The molecule has 0 aliphatic carbocycles. The Morgan fingerprint density at radius 2 is 1.90 bits per heavy atom. The van der Waals surface area contributed by atoms with E-state index in [1.165, 1.54) is 5.56 Å². The second-order valence-electron chi connectivity index (χ2n) is 8.22. The molecule has 0 bridgehead atoms. The predicted octanol–water partition coefficient (Wildman–Crippen LogP) is 1.51. The van der Waals surface area contributed by atoms with Crippen molar-refractivity contribution in [3.8, 4) is 0 Å². The summed E-state index contributed by atoms with van der Waals surface area (Å²) in [6, 6.07) is 13.6. The third-order valence-corrected chi connectivity index (χ3v) is 6.44. The first kappa shape index (κ1) is 18.8. The number of nitrogens with two attached hydrogens (primary N) is 1. The van der Waals surface area contributed by atoms with Crippen LogP contribution in [0.1, 0.15) is 45.8 Å². The number of fused-ring (bicyclic) bond motifs is 2. The smallest absolute Gasteiger partial charge is 0.255 e. The third-order valence-electron chi connectivity index (χ3n) is 6.44. The van der Waals surface area contributed by atoms with E-state index in [0.29, 0.717) is 31.6 Å². The maximum atomic E-state index is 13.3. The van der Waals surface area contributed by atoms with Gasteiger partial charge in [0.05, 0.1) is 0 Å². The van der Waals surface area contributed by atoms with Crippen LogP contribution in [0.4, 0.5) is 5.69 Å². The second kappa shape index (κ2) is 7.25. The van der Waals surface area contributed by atoms with E-state index in [0.717, 1.165) is 23.4 Å². The van der Waals surface area contributed by atoms with E-state index in [1.807, 2.05) is 30.3 Å². The molecule has 1 saturated heterocycles. The minimum absolute atomic E-state index is 0.127. The molecule has 7 heteroatoms. The number of nitrogens with zero attached hydrogens (tertiary/aromatic N) is 2. The number of carbonyl (C=O) groups excluding carboxylic acids is 3. The molecule has 154 valence electrons. The number of rotatable bonds is 4. The molecule has 3 aliphatic heterocycles. The SMILES string of the molecule is NCC1CN(Cc2cccc3c2C(=O)N(C2CCC(=O)NC2=O)C3)c2ccccc21. The molecule has 2 aromatic rings. The lowest BCUT2D eigenvalue weighted by Gasteiger charge is -2.29. The van der Waals surface area contributed by atoms with Crippen LogP contribution in [0.2, 0.25) is 0 Å². The fraction of sp³-hybridized carbons (Fsp3) is 0.348. The summed E-state index contributed by atoms with van der Waals surface area (Å²) in [5.41, 5.74) is 11.0. The van der Waals surface area contributed by atoms with Gasteiger partial charge in [-0.05, 0) is 29.2 Å². The van der Waals surface area contributed by atoms with Gasteiger partial charge in [0.2, 0.25) is 11.8 Å². The number of benzene rings is 2. The van der Waals surface area contributed by atoms with Crippen molar-refractivity contribution in [2.75, 3.05) is 18.0 Å². The van der Waals surface area contributed by atoms with E-state index in [4.69, 9.17) is 5.73 Å². The van der Waals surface area contributed by atoms with Crippen LogP contribution in [0, 0.1) is 0 Å². The lowest BCUT2D eigenvalue weighted by atomic mass is 10.0. The van der Waals surface area contributed by atoms with Crippen LogP contribution >= 0.6 is 0 Å². The van der Waals surface area contributed by atoms with E-state index >= 15 is 0 Å². The Labute approximate surface area is 174 Å². The fourth-order valence-electron chi connectivity index (χ4n) is 4.96. The number of hydrogen-bond acceptors (Lipinski definition) is 5. The minimum Gasteiger partial charge on any atom is -0.366 e. The van der Waals surface area contributed by atoms with Gasteiger partial charge in [-0.25, -0.2) is 0 Å². The molecule has 7 nitrogen and oxygen atoms in total. The molecule has 3 amide bonds. The zero-order valence-corrected chi connectivity index (χ0v) is 16.6. The molecule has 0 saturated carbocycles. The number of hydrogen-bond donors (Lipinski definition) is 2. The molecule has 3 heterocycles. The Balaban J connectivity index is 1.42. The summed E-state index contributed by atoms with van der Waals surface area (Å²) in [7, 11) is 0. The summed E-state index contributed by atoms with van der Waals surface area (Å²) < 4.78 is 0. The van der Waals surface area contributed by atoms with Crippen molar-refractivity contribution >= 4 is 23.4 Å². The molecule has 1 fully saturated rings. The van der Waals surface area contributed by atoms with Crippen molar-refractivity contribution in [1.29, 1.82) is 0 Å². The average molecular weight is 404 g/mol. The van der Waals surface area contributed by atoms with Crippen molar-refractivity contribution in [2.45, 2.75) is 37.9 Å². The molecule has 3 N–H and O–H groups in total. The average Bonchev–Trinajstić information content (AvgIpc) is 3.27. The molecule has 5 rings (SSSR count). The number of anilines is 1. The van der Waals surface area contributed by atoms with Crippen molar-refractivity contribution in [1.82, 2.24) is 10.2 Å². The van der Waals surface area contributed by atoms with Gasteiger partial charge in [-0.15, -0.1) is 0 Å². The molecular formula is C23H24N4O3. The molecule has 2 unspecified atom stereocenters. The molecule has 30 heavy (non-hydrogen) atoms. The van der Waals surface area contributed by atoms with Gasteiger partial charge in [0, 0.05) is 49.8 Å². The summed E-state index contributed by atoms with van der Waals surface area (Å²) in [6.07, 6.45) is 0.631. The van der Waals surface area contributed by atoms with Crippen molar-refractivity contribution in [2.24, 2.45) is 5.73 Å². The van der Waals surface area contributed by atoms with Crippen LogP contribution in [0.15, 0.2) is 42.5 Å². The molecule has 2 aromatic carbocycles. The van der Waals surface area contributed by atoms with E-state index in [1.54, 1.807) is 4.90 Å². The number of piperidine rings is 1. The summed E-state index contributed by atoms with van der Waals surface area (Å²) in [6.45, 7) is 2.43. The normalized spacial score (nSPS) is 22.9. The first-order chi connectivity index (χ1) is 14.6. The van der Waals surface area contributed by atoms with E-state index in [-0.39, 0.29) is 30.1 Å². The Morgan fingerprint density at radius 1 is 1.07 bits per heavy atom. The monoisotopic (exact) mass is 404 g/mol. The van der Waals surface area contributed by atoms with E-state index < -0.39 is 6.04 Å². The standard InChI is InChI=1S/C23H24N4O3/c24-10-16-12-26(18-7-2-1-6-17(16)18)11-14-4-3-5-15-13-27(23(30)21(14)15)19-8-9-20(28)25-22(19)29/h1-7,16,19H,8-13,24H2,(H,25,28,29). The van der Waals surface area contributed by atoms with Gasteiger partial charge in [0.25, 0.3) is 5.91 Å². The van der Waals surface area contributed by atoms with Crippen LogP contribution in [-0.2, 0) is 22.7 Å². The third kappa shape index (κ3) is 2.97. The Hall–Kier alpha value is -3.19. The van der Waals surface area contributed by atoms with Crippen molar-refractivity contribution in [3.05, 3.63) is 64.7 Å². The van der Waals surface area contributed by atoms with Crippen molar-refractivity contribution in [3.63, 3.8) is 0 Å².